The highest BCUT2D eigenvalue weighted by Crippen LogP contribution is 2.37. The number of aromatic nitrogens is 2. The van der Waals surface area contributed by atoms with Gasteiger partial charge in [0.1, 0.15) is 19.0 Å². The highest BCUT2D eigenvalue weighted by molar-refractivity contribution is 7.92. The quantitative estimate of drug-likeness (QED) is 0.724. The number of ether oxygens (including phenoxy) is 2. The van der Waals surface area contributed by atoms with Crippen molar-refractivity contribution in [3.8, 4) is 11.5 Å². The molecule has 0 spiro atoms. The fourth-order valence-corrected chi connectivity index (χ4v) is 2.98. The first-order chi connectivity index (χ1) is 9.95. The maximum atomic E-state index is 12.2. The molecule has 3 rings (SSSR count). The van der Waals surface area contributed by atoms with Crippen molar-refractivity contribution in [2.75, 3.05) is 23.7 Å². The first-order valence-electron chi connectivity index (χ1n) is 6.19. The van der Waals surface area contributed by atoms with E-state index in [0.717, 1.165) is 0 Å². The van der Waals surface area contributed by atoms with Crippen molar-refractivity contribution < 1.29 is 17.9 Å². The number of nitrogens with two attached hydrogens (primary N) is 1. The van der Waals surface area contributed by atoms with Gasteiger partial charge in [0.2, 0.25) is 0 Å². The Bertz CT molecular complexity index is 785. The summed E-state index contributed by atoms with van der Waals surface area (Å²) < 4.78 is 37.6. The molecule has 0 saturated carbocycles. The molecule has 0 bridgehead atoms. The van der Waals surface area contributed by atoms with Crippen LogP contribution in [0.15, 0.2) is 23.4 Å². The van der Waals surface area contributed by atoms with Gasteiger partial charge in [-0.25, -0.2) is 4.98 Å². The summed E-state index contributed by atoms with van der Waals surface area (Å²) in [6.45, 7) is 2.51. The molecule has 0 aliphatic carbocycles. The lowest BCUT2D eigenvalue weighted by molar-refractivity contribution is 0.172. The van der Waals surface area contributed by atoms with Crippen LogP contribution >= 0.6 is 0 Å². The number of hydrogen-bond acceptors (Lipinski definition) is 6. The number of sulfonamides is 1. The Balaban J connectivity index is 1.94. The number of benzene rings is 1. The lowest BCUT2D eigenvalue weighted by Crippen LogP contribution is -2.18. The molecule has 8 nitrogen and oxygen atoms in total. The van der Waals surface area contributed by atoms with Crippen molar-refractivity contribution in [2.45, 2.75) is 11.9 Å². The highest BCUT2D eigenvalue weighted by Gasteiger charge is 2.21. The average Bonchev–Trinajstić information content (AvgIpc) is 2.87. The number of rotatable bonds is 3. The van der Waals surface area contributed by atoms with Crippen LogP contribution in [0.3, 0.4) is 0 Å². The van der Waals surface area contributed by atoms with Gasteiger partial charge in [-0.15, -0.1) is 0 Å². The second-order valence-corrected chi connectivity index (χ2v) is 6.17. The van der Waals surface area contributed by atoms with Crippen LogP contribution in [0.25, 0.3) is 0 Å². The molecule has 0 saturated heterocycles. The summed E-state index contributed by atoms with van der Waals surface area (Å²) in [6, 6.07) is 3.04. The first-order valence-corrected chi connectivity index (χ1v) is 7.67. The first kappa shape index (κ1) is 13.6. The Hall–Kier alpha value is -2.42. The van der Waals surface area contributed by atoms with E-state index in [1.165, 1.54) is 18.3 Å². The molecule has 4 N–H and O–H groups in total. The summed E-state index contributed by atoms with van der Waals surface area (Å²) in [5.74, 6) is 1.46. The van der Waals surface area contributed by atoms with E-state index in [-0.39, 0.29) is 16.4 Å². The van der Waals surface area contributed by atoms with Crippen molar-refractivity contribution in [2.24, 2.45) is 0 Å². The summed E-state index contributed by atoms with van der Waals surface area (Å²) in [4.78, 5) is 6.53. The van der Waals surface area contributed by atoms with Crippen LogP contribution in [-0.4, -0.2) is 31.6 Å². The van der Waals surface area contributed by atoms with Crippen LogP contribution in [0, 0.1) is 6.92 Å². The van der Waals surface area contributed by atoms with E-state index in [1.807, 2.05) is 0 Å². The number of fused-ring (bicyclic) bond motifs is 1. The van der Waals surface area contributed by atoms with E-state index < -0.39 is 10.0 Å². The van der Waals surface area contributed by atoms with Crippen molar-refractivity contribution >= 4 is 21.4 Å². The van der Waals surface area contributed by atoms with E-state index in [1.54, 1.807) is 6.92 Å². The zero-order chi connectivity index (χ0) is 15.0. The Morgan fingerprint density at radius 1 is 1.29 bits per heavy atom. The molecule has 0 unspecified atom stereocenters. The largest absolute Gasteiger partial charge is 0.486 e. The van der Waals surface area contributed by atoms with Gasteiger partial charge in [0.15, 0.2) is 16.5 Å². The third-order valence-electron chi connectivity index (χ3n) is 2.93. The number of aromatic amines is 1. The Morgan fingerprint density at radius 3 is 2.57 bits per heavy atom. The zero-order valence-corrected chi connectivity index (χ0v) is 12.0. The third kappa shape index (κ3) is 2.59. The molecule has 1 aliphatic rings. The van der Waals surface area contributed by atoms with Gasteiger partial charge in [-0.1, -0.05) is 0 Å². The molecule has 0 amide bonds. The van der Waals surface area contributed by atoms with Gasteiger partial charge in [-0.3, -0.25) is 4.72 Å². The minimum absolute atomic E-state index is 0.0331. The number of nitrogens with zero attached hydrogens (tertiary/aromatic N) is 1. The predicted octanol–water partition coefficient (Wildman–Crippen LogP) is 0.872. The number of anilines is 2. The average molecular weight is 310 g/mol. The number of aryl methyl sites for hydroxylation is 1. The molecular weight excluding hydrogens is 296 g/mol. The lowest BCUT2D eigenvalue weighted by atomic mass is 10.2. The van der Waals surface area contributed by atoms with Crippen molar-refractivity contribution in [1.82, 2.24) is 9.97 Å². The van der Waals surface area contributed by atoms with Gasteiger partial charge in [-0.05, 0) is 6.92 Å². The molecule has 112 valence electrons. The Morgan fingerprint density at radius 2 is 1.95 bits per heavy atom. The van der Waals surface area contributed by atoms with Gasteiger partial charge < -0.3 is 20.2 Å². The van der Waals surface area contributed by atoms with E-state index >= 15 is 0 Å². The molecule has 9 heteroatoms. The van der Waals surface area contributed by atoms with Gasteiger partial charge >= 0.3 is 0 Å². The Labute approximate surface area is 121 Å². The van der Waals surface area contributed by atoms with Gasteiger partial charge in [0, 0.05) is 12.1 Å². The summed E-state index contributed by atoms with van der Waals surface area (Å²) in [7, 11) is -3.79. The third-order valence-corrected chi connectivity index (χ3v) is 4.20. The maximum Gasteiger partial charge on any atom is 0.279 e. The van der Waals surface area contributed by atoms with Crippen LogP contribution in [-0.2, 0) is 10.0 Å². The molecule has 1 aromatic heterocycles. The summed E-state index contributed by atoms with van der Waals surface area (Å²) >= 11 is 0. The SMILES string of the molecule is Cc1ncc(S(=O)(=O)Nc2cc3c(cc2N)OCCO3)[nH]1. The number of hydrogen-bond donors (Lipinski definition) is 3. The second kappa shape index (κ2) is 4.85. The number of H-pyrrole nitrogens is 1. The highest BCUT2D eigenvalue weighted by atomic mass is 32.2. The van der Waals surface area contributed by atoms with E-state index in [2.05, 4.69) is 14.7 Å². The molecule has 21 heavy (non-hydrogen) atoms. The standard InChI is InChI=1S/C12H14N4O4S/c1-7-14-6-12(15-7)21(17,18)16-9-5-11-10(4-8(9)13)19-2-3-20-11/h4-6,16H,2-3,13H2,1H3,(H,14,15). The molecule has 1 aliphatic heterocycles. The zero-order valence-electron chi connectivity index (χ0n) is 11.2. The minimum Gasteiger partial charge on any atom is -0.486 e. The van der Waals surface area contributed by atoms with E-state index in [9.17, 15) is 8.42 Å². The Kier molecular flexibility index (Phi) is 3.13. The number of nitrogens with one attached hydrogen (secondary N) is 2. The summed E-state index contributed by atoms with van der Waals surface area (Å²) in [5.41, 5.74) is 6.32. The summed E-state index contributed by atoms with van der Waals surface area (Å²) in [5, 5.41) is -0.0331. The van der Waals surface area contributed by atoms with Gasteiger partial charge in [0.25, 0.3) is 10.0 Å². The van der Waals surface area contributed by atoms with E-state index in [0.29, 0.717) is 30.5 Å². The normalized spacial score (nSPS) is 14.0. The lowest BCUT2D eigenvalue weighted by Gasteiger charge is -2.20. The number of nitrogen functional groups attached to an aromatic ring is 1. The van der Waals surface area contributed by atoms with Crippen molar-refractivity contribution in [1.29, 1.82) is 0 Å². The van der Waals surface area contributed by atoms with Crippen LogP contribution in [0.1, 0.15) is 5.82 Å². The summed E-state index contributed by atoms with van der Waals surface area (Å²) in [6.07, 6.45) is 1.24. The maximum absolute atomic E-state index is 12.2. The molecular formula is C12H14N4O4S. The van der Waals surface area contributed by atoms with Crippen LogP contribution in [0.2, 0.25) is 0 Å². The smallest absolute Gasteiger partial charge is 0.279 e. The minimum atomic E-state index is -3.79. The second-order valence-electron chi connectivity index (χ2n) is 4.52. The number of imidazole rings is 1. The van der Waals surface area contributed by atoms with Crippen LogP contribution in [0.4, 0.5) is 11.4 Å². The molecule has 2 heterocycles. The van der Waals surface area contributed by atoms with Gasteiger partial charge in [-0.2, -0.15) is 8.42 Å². The van der Waals surface area contributed by atoms with Gasteiger partial charge in [0.05, 0.1) is 17.6 Å². The van der Waals surface area contributed by atoms with Crippen LogP contribution in [0.5, 0.6) is 11.5 Å². The molecule has 0 radical (unpaired) electrons. The van der Waals surface area contributed by atoms with Crippen LogP contribution < -0.4 is 19.9 Å². The van der Waals surface area contributed by atoms with Crippen molar-refractivity contribution in [3.05, 3.63) is 24.2 Å². The molecule has 1 aromatic carbocycles. The molecule has 0 fully saturated rings. The van der Waals surface area contributed by atoms with Crippen molar-refractivity contribution in [3.63, 3.8) is 0 Å². The monoisotopic (exact) mass is 310 g/mol. The predicted molar refractivity (Wildman–Crippen MR) is 76.0 cm³/mol. The van der Waals surface area contributed by atoms with E-state index in [4.69, 9.17) is 15.2 Å². The topological polar surface area (TPSA) is 119 Å². The fourth-order valence-electron chi connectivity index (χ4n) is 1.93. The molecule has 0 atom stereocenters. The fraction of sp³-hybridized carbons (Fsp3) is 0.250. The molecule has 2 aromatic rings.